The van der Waals surface area contributed by atoms with Crippen molar-refractivity contribution in [3.63, 3.8) is 0 Å². The molecule has 1 aromatic carbocycles. The Balaban J connectivity index is 1.33. The minimum Gasteiger partial charge on any atom is -0.355 e. The predicted molar refractivity (Wildman–Crippen MR) is 120 cm³/mol. The molecule has 1 atom stereocenters. The second-order valence-corrected chi connectivity index (χ2v) is 9.70. The van der Waals surface area contributed by atoms with Gasteiger partial charge in [0.1, 0.15) is 0 Å². The quantitative estimate of drug-likeness (QED) is 0.753. The number of amides is 2. The number of benzene rings is 1. The molecule has 0 spiro atoms. The standard InChI is InChI=1S/C24H31N3O2S/c1-16-11-17(2)13-20(12-16)24(29)27-10-4-7-19(14-27)23-26-21(15-30-23)8-9-25-22(28)18-5-3-6-18/h11-13,15,18-19H,3-10,14H2,1-2H3,(H,25,28)/t19-/m1/s1. The van der Waals surface area contributed by atoms with Crippen molar-refractivity contribution in [1.29, 1.82) is 0 Å². The van der Waals surface area contributed by atoms with E-state index in [2.05, 4.69) is 16.8 Å². The molecular formula is C24H31N3O2S. The number of rotatable bonds is 6. The number of piperidine rings is 1. The van der Waals surface area contributed by atoms with Crippen LogP contribution in [0.4, 0.5) is 0 Å². The summed E-state index contributed by atoms with van der Waals surface area (Å²) in [5, 5.41) is 6.27. The average molecular weight is 426 g/mol. The summed E-state index contributed by atoms with van der Waals surface area (Å²) in [6.45, 7) is 6.27. The van der Waals surface area contributed by atoms with E-state index in [9.17, 15) is 9.59 Å². The zero-order valence-corrected chi connectivity index (χ0v) is 18.8. The molecule has 2 heterocycles. The molecule has 1 N–H and O–H groups in total. The van der Waals surface area contributed by atoms with E-state index in [4.69, 9.17) is 4.98 Å². The molecule has 2 fully saturated rings. The van der Waals surface area contributed by atoms with Crippen LogP contribution in [0, 0.1) is 19.8 Å². The molecule has 4 rings (SSSR count). The lowest BCUT2D eigenvalue weighted by Gasteiger charge is -2.32. The Morgan fingerprint density at radius 3 is 2.60 bits per heavy atom. The third-order valence-electron chi connectivity index (χ3n) is 6.25. The topological polar surface area (TPSA) is 62.3 Å². The fourth-order valence-electron chi connectivity index (χ4n) is 4.40. The van der Waals surface area contributed by atoms with Gasteiger partial charge in [-0.05, 0) is 51.7 Å². The first-order valence-electron chi connectivity index (χ1n) is 11.1. The second kappa shape index (κ2) is 9.29. The first-order chi connectivity index (χ1) is 14.5. The molecule has 1 aliphatic carbocycles. The zero-order valence-electron chi connectivity index (χ0n) is 17.9. The maximum atomic E-state index is 13.0. The lowest BCUT2D eigenvalue weighted by atomic mass is 9.85. The summed E-state index contributed by atoms with van der Waals surface area (Å²) < 4.78 is 0. The molecule has 1 saturated carbocycles. The van der Waals surface area contributed by atoms with Crippen molar-refractivity contribution in [3.05, 3.63) is 51.0 Å². The maximum Gasteiger partial charge on any atom is 0.253 e. The van der Waals surface area contributed by atoms with Crippen molar-refractivity contribution >= 4 is 23.2 Å². The zero-order chi connectivity index (χ0) is 21.1. The largest absolute Gasteiger partial charge is 0.355 e. The molecule has 1 saturated heterocycles. The minimum absolute atomic E-state index is 0.127. The Morgan fingerprint density at radius 2 is 1.90 bits per heavy atom. The highest BCUT2D eigenvalue weighted by Gasteiger charge is 2.28. The van der Waals surface area contributed by atoms with E-state index in [1.54, 1.807) is 11.3 Å². The van der Waals surface area contributed by atoms with E-state index >= 15 is 0 Å². The lowest BCUT2D eigenvalue weighted by Crippen LogP contribution is -2.39. The van der Waals surface area contributed by atoms with Crippen LogP contribution in [0.3, 0.4) is 0 Å². The first-order valence-corrected chi connectivity index (χ1v) is 12.0. The molecule has 2 aromatic rings. The number of likely N-dealkylation sites (tertiary alicyclic amines) is 1. The minimum atomic E-state index is 0.127. The molecule has 1 aromatic heterocycles. The number of nitrogens with one attached hydrogen (secondary N) is 1. The fraction of sp³-hybridized carbons (Fsp3) is 0.542. The van der Waals surface area contributed by atoms with Gasteiger partial charge in [-0.3, -0.25) is 9.59 Å². The number of nitrogens with zero attached hydrogens (tertiary/aromatic N) is 2. The van der Waals surface area contributed by atoms with Crippen LogP contribution in [0.15, 0.2) is 23.6 Å². The number of hydrogen-bond donors (Lipinski definition) is 1. The van der Waals surface area contributed by atoms with Gasteiger partial charge in [-0.1, -0.05) is 23.6 Å². The molecular weight excluding hydrogens is 394 g/mol. The molecule has 30 heavy (non-hydrogen) atoms. The third kappa shape index (κ3) is 4.91. The number of thiazole rings is 1. The molecule has 1 aliphatic heterocycles. The van der Waals surface area contributed by atoms with E-state index in [1.807, 2.05) is 30.9 Å². The highest BCUT2D eigenvalue weighted by molar-refractivity contribution is 7.09. The Hall–Kier alpha value is -2.21. The highest BCUT2D eigenvalue weighted by Crippen LogP contribution is 2.30. The van der Waals surface area contributed by atoms with Crippen LogP contribution >= 0.6 is 11.3 Å². The molecule has 5 nitrogen and oxygen atoms in total. The van der Waals surface area contributed by atoms with Crippen LogP contribution in [0.1, 0.15) is 70.2 Å². The maximum absolute atomic E-state index is 13.0. The number of carbonyl (C=O) groups is 2. The van der Waals surface area contributed by atoms with Crippen LogP contribution in [0.25, 0.3) is 0 Å². The third-order valence-corrected chi connectivity index (χ3v) is 7.31. The van der Waals surface area contributed by atoms with Crippen LogP contribution in [0.5, 0.6) is 0 Å². The summed E-state index contributed by atoms with van der Waals surface area (Å²) in [5.41, 5.74) is 4.08. The highest BCUT2D eigenvalue weighted by atomic mass is 32.1. The van der Waals surface area contributed by atoms with Gasteiger partial charge in [0.25, 0.3) is 5.91 Å². The van der Waals surface area contributed by atoms with Crippen LogP contribution < -0.4 is 5.32 Å². The Morgan fingerprint density at radius 1 is 1.13 bits per heavy atom. The molecule has 0 bridgehead atoms. The summed E-state index contributed by atoms with van der Waals surface area (Å²) in [5.74, 6) is 0.863. The van der Waals surface area contributed by atoms with Gasteiger partial charge in [-0.15, -0.1) is 11.3 Å². The molecule has 160 valence electrons. The average Bonchev–Trinajstić information content (AvgIpc) is 3.14. The van der Waals surface area contributed by atoms with E-state index in [-0.39, 0.29) is 17.7 Å². The smallest absolute Gasteiger partial charge is 0.253 e. The molecule has 2 amide bonds. The van der Waals surface area contributed by atoms with Crippen molar-refractivity contribution in [2.24, 2.45) is 5.92 Å². The number of aryl methyl sites for hydroxylation is 2. The second-order valence-electron chi connectivity index (χ2n) is 8.81. The van der Waals surface area contributed by atoms with Crippen molar-refractivity contribution in [2.75, 3.05) is 19.6 Å². The van der Waals surface area contributed by atoms with Gasteiger partial charge in [0, 0.05) is 48.8 Å². The van der Waals surface area contributed by atoms with Gasteiger partial charge in [-0.25, -0.2) is 4.98 Å². The lowest BCUT2D eigenvalue weighted by molar-refractivity contribution is -0.127. The normalized spacial score (nSPS) is 19.4. The van der Waals surface area contributed by atoms with Crippen molar-refractivity contribution in [2.45, 2.75) is 58.3 Å². The van der Waals surface area contributed by atoms with Gasteiger partial charge in [0.05, 0.1) is 10.7 Å². The van der Waals surface area contributed by atoms with E-state index in [0.717, 1.165) is 72.6 Å². The monoisotopic (exact) mass is 425 g/mol. The Bertz CT molecular complexity index is 899. The Labute approximate surface area is 182 Å². The molecule has 0 radical (unpaired) electrons. The van der Waals surface area contributed by atoms with Crippen molar-refractivity contribution < 1.29 is 9.59 Å². The number of hydrogen-bond acceptors (Lipinski definition) is 4. The van der Waals surface area contributed by atoms with Crippen molar-refractivity contribution in [1.82, 2.24) is 15.2 Å². The predicted octanol–water partition coefficient (Wildman–Crippen LogP) is 4.24. The van der Waals surface area contributed by atoms with Gasteiger partial charge in [0.2, 0.25) is 5.91 Å². The van der Waals surface area contributed by atoms with E-state index < -0.39 is 0 Å². The summed E-state index contributed by atoms with van der Waals surface area (Å²) >= 11 is 1.69. The fourth-order valence-corrected chi connectivity index (χ4v) is 5.38. The molecule has 0 unspecified atom stereocenters. The van der Waals surface area contributed by atoms with Gasteiger partial charge in [-0.2, -0.15) is 0 Å². The molecule has 6 heteroatoms. The van der Waals surface area contributed by atoms with E-state index in [1.165, 1.54) is 6.42 Å². The summed E-state index contributed by atoms with van der Waals surface area (Å²) in [6.07, 6.45) is 6.10. The van der Waals surface area contributed by atoms with E-state index in [0.29, 0.717) is 12.5 Å². The van der Waals surface area contributed by atoms with Crippen molar-refractivity contribution in [3.8, 4) is 0 Å². The summed E-state index contributed by atoms with van der Waals surface area (Å²) in [4.78, 5) is 31.8. The van der Waals surface area contributed by atoms with Crippen LogP contribution in [0.2, 0.25) is 0 Å². The number of carbonyl (C=O) groups excluding carboxylic acids is 2. The van der Waals surface area contributed by atoms with Gasteiger partial charge >= 0.3 is 0 Å². The summed E-state index contributed by atoms with van der Waals surface area (Å²) in [6, 6.07) is 6.07. The van der Waals surface area contributed by atoms with Gasteiger partial charge in [0.15, 0.2) is 0 Å². The SMILES string of the molecule is Cc1cc(C)cc(C(=O)N2CCC[C@@H](c3nc(CCNC(=O)C4CCC4)cs3)C2)c1. The van der Waals surface area contributed by atoms with Gasteiger partial charge < -0.3 is 10.2 Å². The Kier molecular flexibility index (Phi) is 6.52. The van der Waals surface area contributed by atoms with Crippen LogP contribution in [-0.2, 0) is 11.2 Å². The first kappa shape index (κ1) is 21.0. The van der Waals surface area contributed by atoms with Crippen LogP contribution in [-0.4, -0.2) is 41.3 Å². The summed E-state index contributed by atoms with van der Waals surface area (Å²) in [7, 11) is 0. The number of aromatic nitrogens is 1. The molecule has 2 aliphatic rings.